The number of hydrogen-bond donors (Lipinski definition) is 0. The maximum atomic E-state index is 13.9. The second-order valence-corrected chi connectivity index (χ2v) is 4.50. The molecule has 0 bridgehead atoms. The number of aromatic nitrogens is 2. The Morgan fingerprint density at radius 1 is 1.05 bits per heavy atom. The average Bonchev–Trinajstić information content (AvgIpc) is 2.46. The molecule has 0 N–H and O–H groups in total. The fourth-order valence-electron chi connectivity index (χ4n) is 1.36. The third-order valence-electron chi connectivity index (χ3n) is 2.35. The Hall–Kier alpha value is -1.82. The molecule has 1 heterocycles. The van der Waals surface area contributed by atoms with Gasteiger partial charge in [-0.05, 0) is 12.1 Å². The van der Waals surface area contributed by atoms with Gasteiger partial charge in [0.2, 0.25) is 5.83 Å². The minimum absolute atomic E-state index is 0.125. The van der Waals surface area contributed by atoms with Gasteiger partial charge in [-0.3, -0.25) is 0 Å². The van der Waals surface area contributed by atoms with Crippen LogP contribution in [0.1, 0.15) is 11.4 Å². The topological polar surface area (TPSA) is 35.0 Å². The molecule has 0 aliphatic carbocycles. The molecule has 98 valence electrons. The normalized spacial score (nSPS) is 12.0. The fraction of sp³-hybridized carbons (Fsp3) is 0.0769. The van der Waals surface area contributed by atoms with Gasteiger partial charge >= 0.3 is 0 Å². The maximum Gasteiger partial charge on any atom is 0.203 e. The van der Waals surface area contributed by atoms with Crippen LogP contribution in [0.2, 0.25) is 0 Å². The first-order valence-electron chi connectivity index (χ1n) is 5.29. The van der Waals surface area contributed by atoms with Crippen molar-refractivity contribution < 1.29 is 13.5 Å². The van der Waals surface area contributed by atoms with Gasteiger partial charge < -0.3 is 4.74 Å². The van der Waals surface area contributed by atoms with Crippen LogP contribution in [0.4, 0.5) is 8.78 Å². The zero-order chi connectivity index (χ0) is 13.8. The molecule has 0 fully saturated rings. The van der Waals surface area contributed by atoms with E-state index < -0.39 is 11.7 Å². The Morgan fingerprint density at radius 2 is 1.63 bits per heavy atom. The summed E-state index contributed by atoms with van der Waals surface area (Å²) in [6.45, 7) is 0. The lowest BCUT2D eigenvalue weighted by Crippen LogP contribution is -1.94. The molecular formula is C13H9BrF2N2O. The molecule has 6 heteroatoms. The van der Waals surface area contributed by atoms with Crippen LogP contribution in [0, 0.1) is 0 Å². The summed E-state index contributed by atoms with van der Waals surface area (Å²) in [4.78, 5) is 7.39. The number of rotatable bonds is 3. The standard InChI is InChI=1S/C13H9BrF2N2O/c1-19-10-6-17-13(18-7-10)12(16)11(15)8-2-4-9(14)5-3-8/h2-7H,1H3/b12-11-. The number of ether oxygens (including phenoxy) is 1. The number of benzene rings is 1. The zero-order valence-electron chi connectivity index (χ0n) is 9.90. The van der Waals surface area contributed by atoms with E-state index in [2.05, 4.69) is 25.9 Å². The van der Waals surface area contributed by atoms with Crippen molar-refractivity contribution in [2.45, 2.75) is 0 Å². The summed E-state index contributed by atoms with van der Waals surface area (Å²) < 4.78 is 33.4. The molecule has 19 heavy (non-hydrogen) atoms. The molecule has 0 saturated heterocycles. The Bertz CT molecular complexity index is 597. The predicted molar refractivity (Wildman–Crippen MR) is 71.8 cm³/mol. The van der Waals surface area contributed by atoms with Gasteiger partial charge in [-0.2, -0.15) is 4.39 Å². The summed E-state index contributed by atoms with van der Waals surface area (Å²) in [5.41, 5.74) is 0.125. The van der Waals surface area contributed by atoms with Gasteiger partial charge in [0.1, 0.15) is 0 Å². The highest BCUT2D eigenvalue weighted by molar-refractivity contribution is 9.10. The van der Waals surface area contributed by atoms with Crippen molar-refractivity contribution in [1.82, 2.24) is 9.97 Å². The Labute approximate surface area is 117 Å². The highest BCUT2D eigenvalue weighted by Gasteiger charge is 2.14. The van der Waals surface area contributed by atoms with Gasteiger partial charge in [-0.1, -0.05) is 28.1 Å². The summed E-state index contributed by atoms with van der Waals surface area (Å²) in [5, 5.41) is 0. The van der Waals surface area contributed by atoms with Crippen LogP contribution >= 0.6 is 15.9 Å². The molecule has 0 saturated carbocycles. The number of methoxy groups -OCH3 is 1. The lowest BCUT2D eigenvalue weighted by Gasteiger charge is -2.02. The molecule has 0 unspecified atom stereocenters. The first kappa shape index (κ1) is 13.6. The third kappa shape index (κ3) is 3.14. The summed E-state index contributed by atoms with van der Waals surface area (Å²) in [6.07, 6.45) is 2.55. The SMILES string of the molecule is COc1cnc(/C(F)=C(/F)c2ccc(Br)cc2)nc1. The molecule has 1 aromatic carbocycles. The van der Waals surface area contributed by atoms with Gasteiger partial charge in [0, 0.05) is 10.0 Å². The molecular weight excluding hydrogens is 318 g/mol. The monoisotopic (exact) mass is 326 g/mol. The van der Waals surface area contributed by atoms with Gasteiger partial charge in [-0.25, -0.2) is 14.4 Å². The first-order chi connectivity index (χ1) is 9.11. The second-order valence-electron chi connectivity index (χ2n) is 3.58. The summed E-state index contributed by atoms with van der Waals surface area (Å²) in [6, 6.07) is 6.17. The van der Waals surface area contributed by atoms with Crippen molar-refractivity contribution in [3.63, 3.8) is 0 Å². The first-order valence-corrected chi connectivity index (χ1v) is 6.08. The van der Waals surface area contributed by atoms with E-state index in [-0.39, 0.29) is 11.4 Å². The van der Waals surface area contributed by atoms with E-state index in [0.717, 1.165) is 4.47 Å². The van der Waals surface area contributed by atoms with E-state index in [0.29, 0.717) is 5.75 Å². The molecule has 0 aliphatic rings. The van der Waals surface area contributed by atoms with E-state index in [1.807, 2.05) is 0 Å². The average molecular weight is 327 g/mol. The van der Waals surface area contributed by atoms with E-state index >= 15 is 0 Å². The summed E-state index contributed by atoms with van der Waals surface area (Å²) in [7, 11) is 1.44. The van der Waals surface area contributed by atoms with Crippen LogP contribution < -0.4 is 4.74 Å². The molecule has 0 atom stereocenters. The molecule has 0 amide bonds. The molecule has 2 rings (SSSR count). The predicted octanol–water partition coefficient (Wildman–Crippen LogP) is 4.01. The van der Waals surface area contributed by atoms with Crippen LogP contribution in [0.3, 0.4) is 0 Å². The quantitative estimate of drug-likeness (QED) is 0.854. The van der Waals surface area contributed by atoms with Crippen molar-refractivity contribution >= 4 is 27.6 Å². The Kier molecular flexibility index (Phi) is 4.21. The van der Waals surface area contributed by atoms with Gasteiger partial charge in [-0.15, -0.1) is 0 Å². The maximum absolute atomic E-state index is 13.9. The van der Waals surface area contributed by atoms with Crippen LogP contribution in [0.5, 0.6) is 5.75 Å². The van der Waals surface area contributed by atoms with E-state index in [9.17, 15) is 8.78 Å². The lowest BCUT2D eigenvalue weighted by molar-refractivity contribution is 0.410. The molecule has 0 radical (unpaired) electrons. The molecule has 2 aromatic rings. The lowest BCUT2D eigenvalue weighted by atomic mass is 10.2. The van der Waals surface area contributed by atoms with E-state index in [1.54, 1.807) is 12.1 Å². The molecule has 0 spiro atoms. The van der Waals surface area contributed by atoms with Gasteiger partial charge in [0.25, 0.3) is 0 Å². The molecule has 3 nitrogen and oxygen atoms in total. The zero-order valence-corrected chi connectivity index (χ0v) is 11.5. The summed E-state index contributed by atoms with van der Waals surface area (Å²) in [5.74, 6) is -2.05. The van der Waals surface area contributed by atoms with Crippen molar-refractivity contribution in [2.24, 2.45) is 0 Å². The van der Waals surface area contributed by atoms with Crippen LogP contribution in [-0.2, 0) is 0 Å². The Morgan fingerprint density at radius 3 is 2.16 bits per heavy atom. The smallest absolute Gasteiger partial charge is 0.203 e. The highest BCUT2D eigenvalue weighted by atomic mass is 79.9. The fourth-order valence-corrected chi connectivity index (χ4v) is 1.62. The minimum Gasteiger partial charge on any atom is -0.494 e. The molecule has 1 aromatic heterocycles. The Balaban J connectivity index is 2.36. The van der Waals surface area contributed by atoms with Crippen LogP contribution in [-0.4, -0.2) is 17.1 Å². The van der Waals surface area contributed by atoms with E-state index in [4.69, 9.17) is 4.74 Å². The molecule has 0 aliphatic heterocycles. The second kappa shape index (κ2) is 5.88. The van der Waals surface area contributed by atoms with Crippen molar-refractivity contribution in [2.75, 3.05) is 7.11 Å². The van der Waals surface area contributed by atoms with Gasteiger partial charge in [0.15, 0.2) is 17.4 Å². The van der Waals surface area contributed by atoms with Crippen molar-refractivity contribution in [1.29, 1.82) is 0 Å². The minimum atomic E-state index is -1.11. The van der Waals surface area contributed by atoms with Crippen molar-refractivity contribution in [3.05, 3.63) is 52.5 Å². The number of nitrogens with zero attached hydrogens (tertiary/aromatic N) is 2. The number of hydrogen-bond acceptors (Lipinski definition) is 3. The van der Waals surface area contributed by atoms with Gasteiger partial charge in [0.05, 0.1) is 19.5 Å². The third-order valence-corrected chi connectivity index (χ3v) is 2.88. The van der Waals surface area contributed by atoms with E-state index in [1.165, 1.54) is 31.6 Å². The largest absolute Gasteiger partial charge is 0.494 e. The van der Waals surface area contributed by atoms with Crippen LogP contribution in [0.15, 0.2) is 41.1 Å². The number of halogens is 3. The highest BCUT2D eigenvalue weighted by Crippen LogP contribution is 2.27. The van der Waals surface area contributed by atoms with Crippen molar-refractivity contribution in [3.8, 4) is 5.75 Å². The van der Waals surface area contributed by atoms with Crippen LogP contribution in [0.25, 0.3) is 11.7 Å². The summed E-state index contributed by atoms with van der Waals surface area (Å²) >= 11 is 3.22.